The van der Waals surface area contributed by atoms with Gasteiger partial charge in [-0.1, -0.05) is 6.92 Å². The Morgan fingerprint density at radius 3 is 2.18 bits per heavy atom. The van der Waals surface area contributed by atoms with E-state index in [0.29, 0.717) is 0 Å². The van der Waals surface area contributed by atoms with Crippen LogP contribution < -0.4 is 4.90 Å². The van der Waals surface area contributed by atoms with Crippen molar-refractivity contribution in [2.45, 2.75) is 34.1 Å². The minimum absolute atomic E-state index is 0.0528. The first-order valence-corrected chi connectivity index (χ1v) is 9.91. The number of Topliss-reactive ketones (excluding diaryl/α,β-unsaturated/α-hetero) is 1. The van der Waals surface area contributed by atoms with Crippen LogP contribution >= 0.6 is 0 Å². The summed E-state index contributed by atoms with van der Waals surface area (Å²) in [4.78, 5) is 28.6. The molecule has 0 bridgehead atoms. The first kappa shape index (κ1) is 20.1. The van der Waals surface area contributed by atoms with Crippen molar-refractivity contribution in [2.24, 2.45) is 13.0 Å². The molecule has 0 radical (unpaired) electrons. The monoisotopic (exact) mass is 382 g/mol. The normalized spacial score (nSPS) is 15.6. The van der Waals surface area contributed by atoms with E-state index in [1.165, 1.54) is 5.56 Å². The van der Waals surface area contributed by atoms with E-state index in [-0.39, 0.29) is 17.6 Å². The topological polar surface area (TPSA) is 58.4 Å². The van der Waals surface area contributed by atoms with Crippen LogP contribution in [0.3, 0.4) is 0 Å². The lowest BCUT2D eigenvalue weighted by Gasteiger charge is -2.37. The lowest BCUT2D eigenvalue weighted by atomic mass is 9.98. The number of aryl methyl sites for hydroxylation is 2. The number of aromatic nitrogens is 2. The van der Waals surface area contributed by atoms with E-state index in [9.17, 15) is 9.59 Å². The zero-order valence-corrected chi connectivity index (χ0v) is 17.5. The fourth-order valence-electron chi connectivity index (χ4n) is 3.91. The Labute approximate surface area is 167 Å². The van der Waals surface area contributed by atoms with Crippen LogP contribution in [0.4, 0.5) is 5.69 Å². The van der Waals surface area contributed by atoms with Crippen LogP contribution in [0.15, 0.2) is 24.3 Å². The van der Waals surface area contributed by atoms with E-state index in [4.69, 9.17) is 0 Å². The maximum Gasteiger partial charge on any atom is 0.225 e. The van der Waals surface area contributed by atoms with Crippen LogP contribution in [0, 0.1) is 19.8 Å². The third kappa shape index (κ3) is 4.11. The quantitative estimate of drug-likeness (QED) is 0.746. The number of hydrogen-bond donors (Lipinski definition) is 0. The van der Waals surface area contributed by atoms with Crippen LogP contribution in [-0.2, 0) is 18.3 Å². The molecular formula is C22H30N4O2. The molecule has 1 saturated heterocycles. The molecule has 1 amide bonds. The lowest BCUT2D eigenvalue weighted by Crippen LogP contribution is -2.50. The third-order valence-corrected chi connectivity index (χ3v) is 5.82. The van der Waals surface area contributed by atoms with Gasteiger partial charge in [0.25, 0.3) is 0 Å². The average molecular weight is 383 g/mol. The summed E-state index contributed by atoms with van der Waals surface area (Å²) in [5.74, 6) is 0.243. The highest BCUT2D eigenvalue weighted by molar-refractivity contribution is 5.94. The average Bonchev–Trinajstić information content (AvgIpc) is 2.93. The molecule has 3 rings (SSSR count). The summed E-state index contributed by atoms with van der Waals surface area (Å²) in [5, 5.41) is 4.46. The summed E-state index contributed by atoms with van der Waals surface area (Å²) >= 11 is 0. The molecule has 2 aromatic rings. The molecule has 6 nitrogen and oxygen atoms in total. The van der Waals surface area contributed by atoms with Gasteiger partial charge in [0, 0.05) is 56.1 Å². The first-order chi connectivity index (χ1) is 13.3. The molecule has 1 aliphatic rings. The minimum atomic E-state index is -0.0528. The van der Waals surface area contributed by atoms with Crippen LogP contribution in [0.5, 0.6) is 0 Å². The van der Waals surface area contributed by atoms with E-state index in [1.807, 2.05) is 54.7 Å². The number of ketones is 1. The molecule has 1 atom stereocenters. The van der Waals surface area contributed by atoms with Gasteiger partial charge in [0.05, 0.1) is 5.69 Å². The smallest absolute Gasteiger partial charge is 0.225 e. The zero-order valence-electron chi connectivity index (χ0n) is 17.5. The number of amides is 1. The Morgan fingerprint density at radius 1 is 1.07 bits per heavy atom. The summed E-state index contributed by atoms with van der Waals surface area (Å²) in [7, 11) is 1.94. The van der Waals surface area contributed by atoms with Gasteiger partial charge < -0.3 is 9.80 Å². The van der Waals surface area contributed by atoms with Crippen molar-refractivity contribution in [1.82, 2.24) is 14.7 Å². The molecule has 0 N–H and O–H groups in total. The largest absolute Gasteiger partial charge is 0.368 e. The fourth-order valence-corrected chi connectivity index (χ4v) is 3.91. The molecule has 0 saturated carbocycles. The third-order valence-electron chi connectivity index (χ3n) is 5.82. The summed E-state index contributed by atoms with van der Waals surface area (Å²) in [5.41, 5.74) is 5.17. The summed E-state index contributed by atoms with van der Waals surface area (Å²) < 4.78 is 1.89. The van der Waals surface area contributed by atoms with Crippen molar-refractivity contribution in [3.8, 4) is 0 Å². The second kappa shape index (κ2) is 8.17. The van der Waals surface area contributed by atoms with Gasteiger partial charge in [0.2, 0.25) is 5.91 Å². The number of hydrogen-bond acceptors (Lipinski definition) is 4. The zero-order chi connectivity index (χ0) is 20.4. The van der Waals surface area contributed by atoms with E-state index in [2.05, 4.69) is 16.9 Å². The van der Waals surface area contributed by atoms with Gasteiger partial charge >= 0.3 is 0 Å². The minimum Gasteiger partial charge on any atom is -0.368 e. The lowest BCUT2D eigenvalue weighted by molar-refractivity contribution is -0.135. The van der Waals surface area contributed by atoms with Crippen LogP contribution in [0.2, 0.25) is 0 Å². The molecule has 2 heterocycles. The Hall–Kier alpha value is -2.63. The summed E-state index contributed by atoms with van der Waals surface area (Å²) in [6.45, 7) is 10.7. The molecule has 28 heavy (non-hydrogen) atoms. The molecule has 1 aromatic carbocycles. The molecular weight excluding hydrogens is 352 g/mol. The van der Waals surface area contributed by atoms with Crippen molar-refractivity contribution in [2.75, 3.05) is 31.1 Å². The van der Waals surface area contributed by atoms with Gasteiger partial charge in [-0.05, 0) is 57.0 Å². The van der Waals surface area contributed by atoms with Crippen LogP contribution in [0.1, 0.15) is 41.2 Å². The molecule has 1 unspecified atom stereocenters. The number of benzene rings is 1. The van der Waals surface area contributed by atoms with E-state index in [0.717, 1.165) is 55.2 Å². The van der Waals surface area contributed by atoms with Gasteiger partial charge in [-0.15, -0.1) is 0 Å². The van der Waals surface area contributed by atoms with Crippen molar-refractivity contribution in [3.63, 3.8) is 0 Å². The molecule has 6 heteroatoms. The van der Waals surface area contributed by atoms with E-state index in [1.54, 1.807) is 6.92 Å². The standard InChI is InChI=1S/C22H30N4O2/c1-15(14-21-16(2)23-24(5)17(21)3)22(28)26-12-10-25(11-13-26)20-8-6-19(7-9-20)18(4)27/h6-9,15H,10-14H2,1-5H3. The number of carbonyl (C=O) groups is 2. The van der Waals surface area contributed by atoms with Gasteiger partial charge in [-0.2, -0.15) is 5.10 Å². The predicted molar refractivity (Wildman–Crippen MR) is 111 cm³/mol. The molecule has 1 aromatic heterocycles. The van der Waals surface area contributed by atoms with E-state index < -0.39 is 0 Å². The first-order valence-electron chi connectivity index (χ1n) is 9.91. The van der Waals surface area contributed by atoms with Crippen LogP contribution in [0.25, 0.3) is 0 Å². The fraction of sp³-hybridized carbons (Fsp3) is 0.500. The summed E-state index contributed by atoms with van der Waals surface area (Å²) in [6, 6.07) is 7.72. The highest BCUT2D eigenvalue weighted by Crippen LogP contribution is 2.21. The van der Waals surface area contributed by atoms with Crippen molar-refractivity contribution < 1.29 is 9.59 Å². The maximum absolute atomic E-state index is 12.9. The Bertz CT molecular complexity index is 861. The molecule has 150 valence electrons. The molecule has 0 aliphatic carbocycles. The highest BCUT2D eigenvalue weighted by atomic mass is 16.2. The highest BCUT2D eigenvalue weighted by Gasteiger charge is 2.26. The van der Waals surface area contributed by atoms with Gasteiger partial charge in [0.1, 0.15) is 0 Å². The van der Waals surface area contributed by atoms with Crippen LogP contribution in [-0.4, -0.2) is 52.5 Å². The second-order valence-electron chi connectivity index (χ2n) is 7.79. The van der Waals surface area contributed by atoms with Crippen molar-refractivity contribution >= 4 is 17.4 Å². The Morgan fingerprint density at radius 2 is 1.68 bits per heavy atom. The SMILES string of the molecule is CC(=O)c1ccc(N2CCN(C(=O)C(C)Cc3c(C)nn(C)c3C)CC2)cc1. The molecule has 1 aliphatic heterocycles. The number of carbonyl (C=O) groups excluding carboxylic acids is 2. The predicted octanol–water partition coefficient (Wildman–Crippen LogP) is 2.77. The number of piperazine rings is 1. The number of nitrogens with zero attached hydrogens (tertiary/aromatic N) is 4. The van der Waals surface area contributed by atoms with E-state index >= 15 is 0 Å². The summed E-state index contributed by atoms with van der Waals surface area (Å²) in [6.07, 6.45) is 0.733. The molecule has 0 spiro atoms. The second-order valence-corrected chi connectivity index (χ2v) is 7.79. The van der Waals surface area contributed by atoms with Gasteiger partial charge in [0.15, 0.2) is 5.78 Å². The van der Waals surface area contributed by atoms with Gasteiger partial charge in [-0.25, -0.2) is 0 Å². The number of rotatable bonds is 5. The van der Waals surface area contributed by atoms with Crippen molar-refractivity contribution in [3.05, 3.63) is 46.8 Å². The van der Waals surface area contributed by atoms with Crippen molar-refractivity contribution in [1.29, 1.82) is 0 Å². The Balaban J connectivity index is 1.57. The Kier molecular flexibility index (Phi) is 5.87. The van der Waals surface area contributed by atoms with Gasteiger partial charge in [-0.3, -0.25) is 14.3 Å². The maximum atomic E-state index is 12.9. The molecule has 1 fully saturated rings. The number of anilines is 1.